The van der Waals surface area contributed by atoms with Crippen molar-refractivity contribution in [2.24, 2.45) is 16.3 Å². The molecule has 6 atom stereocenters. The second-order valence-corrected chi connectivity index (χ2v) is 21.8. The molecule has 2 aliphatic rings. The van der Waals surface area contributed by atoms with Gasteiger partial charge in [-0.2, -0.15) is 0 Å². The predicted octanol–water partition coefficient (Wildman–Crippen LogP) is 8.43. The van der Waals surface area contributed by atoms with Gasteiger partial charge in [-0.25, -0.2) is 4.98 Å². The molecule has 3 aromatic carbocycles. The molecule has 14 nitrogen and oxygen atoms in total. The Balaban J connectivity index is 0.909. The van der Waals surface area contributed by atoms with Gasteiger partial charge in [-0.3, -0.25) is 28.7 Å². The van der Waals surface area contributed by atoms with Crippen LogP contribution in [-0.2, 0) is 19.2 Å². The van der Waals surface area contributed by atoms with Crippen molar-refractivity contribution in [3.63, 3.8) is 0 Å². The molecule has 0 radical (unpaired) electrons. The number of hydrogen-bond acceptors (Lipinski definition) is 12. The van der Waals surface area contributed by atoms with Gasteiger partial charge >= 0.3 is 5.97 Å². The number of carbonyl (C=O) groups excluding carboxylic acids is 3. The molecule has 354 valence electrons. The quantitative estimate of drug-likeness (QED) is 0.0817. The van der Waals surface area contributed by atoms with E-state index in [4.69, 9.17) is 4.99 Å². The summed E-state index contributed by atoms with van der Waals surface area (Å²) < 4.78 is 1.95. The van der Waals surface area contributed by atoms with Crippen LogP contribution in [0.25, 0.3) is 26.6 Å². The molecule has 0 bridgehead atoms. The molecule has 2 aliphatic heterocycles. The van der Waals surface area contributed by atoms with Crippen LogP contribution in [0.3, 0.4) is 0 Å². The first kappa shape index (κ1) is 48.4. The molecule has 4 N–H and O–H groups in total. The number of carboxylic acid groups (broad SMARTS) is 1. The number of thiazole rings is 1. The van der Waals surface area contributed by atoms with Gasteiger partial charge in [0.2, 0.25) is 17.7 Å². The number of β-amino-alcohol motifs (C(OH)–C–C–N with tert-alkyl or cyclic N) is 1. The molecule has 6 aromatic rings. The number of thioether (sulfide) groups is 1. The number of thiophene rings is 1. The lowest BCUT2D eigenvalue weighted by atomic mass is 9.85. The summed E-state index contributed by atoms with van der Waals surface area (Å²) in [5.41, 5.74) is 9.56. The standard InChI is InChI=1S/C51H56N8O6S3/c1-26-30(5)68-49-41(26)43(55-42(27(2)50(64)65)46-57-56-31(6)59(46)49)35-14-12-33(13-15-35)34-18-20-38(21-19-34)66-24-40(61)54-45(51(7,8)9)48(63)58-23-37(60)22-39(58)47(62)53-28(3)32-10-16-36(17-11-32)44-29(4)52-25-67-44/h10-21,25,27-28,37,39,42,45,60H,22-24H2,1-9H3,(H,53,62)(H,54,61)(H,64,65)/t27?,28-,37+,39-,42-,45+/m0/s1. The number of fused-ring (bicyclic) bond motifs is 3. The lowest BCUT2D eigenvalue weighted by Crippen LogP contribution is -2.58. The first-order chi connectivity index (χ1) is 32.3. The van der Waals surface area contributed by atoms with Crippen molar-refractivity contribution in [1.29, 1.82) is 0 Å². The number of nitrogens with zero attached hydrogens (tertiary/aromatic N) is 6. The third kappa shape index (κ3) is 9.79. The van der Waals surface area contributed by atoms with Crippen molar-refractivity contribution < 1.29 is 29.4 Å². The Labute approximate surface area is 408 Å². The lowest BCUT2D eigenvalue weighted by Gasteiger charge is -2.35. The summed E-state index contributed by atoms with van der Waals surface area (Å²) in [6.07, 6.45) is -0.784. The van der Waals surface area contributed by atoms with E-state index >= 15 is 0 Å². The highest BCUT2D eigenvalue weighted by atomic mass is 32.2. The summed E-state index contributed by atoms with van der Waals surface area (Å²) in [7, 11) is 0. The van der Waals surface area contributed by atoms with Crippen LogP contribution in [0.4, 0.5) is 0 Å². The number of aliphatic hydroxyl groups excluding tert-OH is 1. The van der Waals surface area contributed by atoms with Crippen LogP contribution in [0.2, 0.25) is 0 Å². The van der Waals surface area contributed by atoms with E-state index in [1.165, 1.54) is 16.7 Å². The minimum absolute atomic E-state index is 0.0129. The molecule has 5 heterocycles. The Hall–Kier alpha value is -6.01. The summed E-state index contributed by atoms with van der Waals surface area (Å²) >= 11 is 4.54. The Kier molecular flexibility index (Phi) is 13.9. The smallest absolute Gasteiger partial charge is 0.308 e. The number of aliphatic imine (C=N–C) groups is 1. The van der Waals surface area contributed by atoms with E-state index in [2.05, 4.69) is 39.7 Å². The van der Waals surface area contributed by atoms with Crippen molar-refractivity contribution in [1.82, 2.24) is 35.3 Å². The SMILES string of the molecule is Cc1ncsc1-c1ccc([C@H](C)NC(=O)[C@@H]2C[C@@H](O)CN2C(=O)[C@@H](NC(=O)CSc2ccc(-c3ccc(C4=N[C@@H](C(C)C(=O)O)c5nnc(C)n5-c5sc(C)c(C)c54)cc3)cc2)C(C)(C)C)cc1. The van der Waals surface area contributed by atoms with Gasteiger partial charge in [0.15, 0.2) is 5.82 Å². The number of aliphatic carboxylic acids is 1. The van der Waals surface area contributed by atoms with Crippen molar-refractivity contribution in [2.45, 2.75) is 104 Å². The highest BCUT2D eigenvalue weighted by Gasteiger charge is 2.45. The molecule has 3 amide bonds. The summed E-state index contributed by atoms with van der Waals surface area (Å²) in [4.78, 5) is 67.8. The van der Waals surface area contributed by atoms with E-state index in [0.717, 1.165) is 64.3 Å². The normalized spacial score (nSPS) is 18.2. The average molecular weight is 973 g/mol. The first-order valence-electron chi connectivity index (χ1n) is 22.6. The van der Waals surface area contributed by atoms with Gasteiger partial charge in [-0.05, 0) is 86.9 Å². The second-order valence-electron chi connectivity index (χ2n) is 18.7. The summed E-state index contributed by atoms with van der Waals surface area (Å²) in [6, 6.07) is 21.0. The minimum atomic E-state index is -0.965. The predicted molar refractivity (Wildman–Crippen MR) is 268 cm³/mol. The Morgan fingerprint density at radius 1 is 0.868 bits per heavy atom. The van der Waals surface area contributed by atoms with Crippen LogP contribution in [0.1, 0.15) is 97.6 Å². The molecular formula is C51H56N8O6S3. The molecule has 8 rings (SSSR count). The maximum Gasteiger partial charge on any atom is 0.308 e. The number of carboxylic acids is 1. The van der Waals surface area contributed by atoms with Gasteiger partial charge in [0, 0.05) is 33.9 Å². The molecule has 0 aliphatic carbocycles. The van der Waals surface area contributed by atoms with Crippen molar-refractivity contribution in [3.8, 4) is 26.6 Å². The fraction of sp³-hybridized carbons (Fsp3) is 0.373. The number of aliphatic hydroxyl groups is 1. The summed E-state index contributed by atoms with van der Waals surface area (Å²) in [6.45, 7) is 17.1. The summed E-state index contributed by atoms with van der Waals surface area (Å²) in [5.74, 6) is -1.67. The zero-order chi connectivity index (χ0) is 48.8. The van der Waals surface area contributed by atoms with E-state index in [-0.39, 0.29) is 36.6 Å². The van der Waals surface area contributed by atoms with Crippen molar-refractivity contribution in [3.05, 3.63) is 123 Å². The topological polar surface area (TPSA) is 192 Å². The minimum Gasteiger partial charge on any atom is -0.481 e. The van der Waals surface area contributed by atoms with Gasteiger partial charge < -0.3 is 25.7 Å². The Bertz CT molecular complexity index is 2900. The van der Waals surface area contributed by atoms with Gasteiger partial charge in [0.05, 0.1) is 45.6 Å². The Morgan fingerprint density at radius 3 is 2.12 bits per heavy atom. The number of rotatable bonds is 13. The number of benzene rings is 3. The molecule has 0 saturated carbocycles. The van der Waals surface area contributed by atoms with Crippen LogP contribution in [0.5, 0.6) is 0 Å². The average Bonchev–Trinajstić information content (AvgIpc) is 4.08. The van der Waals surface area contributed by atoms with Crippen molar-refractivity contribution >= 4 is 63.8 Å². The molecule has 1 unspecified atom stereocenters. The third-order valence-corrected chi connectivity index (χ3v) is 16.0. The van der Waals surface area contributed by atoms with E-state index in [1.807, 2.05) is 124 Å². The maximum absolute atomic E-state index is 14.3. The summed E-state index contributed by atoms with van der Waals surface area (Å²) in [5, 5.41) is 36.5. The Morgan fingerprint density at radius 2 is 1.50 bits per heavy atom. The van der Waals surface area contributed by atoms with Crippen LogP contribution < -0.4 is 10.6 Å². The molecule has 1 fully saturated rings. The number of amides is 3. The zero-order valence-electron chi connectivity index (χ0n) is 39.5. The van der Waals surface area contributed by atoms with Crippen LogP contribution in [0.15, 0.2) is 88.2 Å². The molecular weight excluding hydrogens is 917 g/mol. The fourth-order valence-electron chi connectivity index (χ4n) is 8.75. The monoisotopic (exact) mass is 972 g/mol. The van der Waals surface area contributed by atoms with Gasteiger partial charge in [-0.15, -0.1) is 44.6 Å². The number of hydrogen-bond donors (Lipinski definition) is 4. The zero-order valence-corrected chi connectivity index (χ0v) is 42.0. The van der Waals surface area contributed by atoms with Crippen LogP contribution in [-0.4, -0.2) is 94.7 Å². The van der Waals surface area contributed by atoms with Gasteiger partial charge in [-0.1, -0.05) is 81.4 Å². The molecule has 17 heteroatoms. The van der Waals surface area contributed by atoms with Crippen molar-refractivity contribution in [2.75, 3.05) is 12.3 Å². The number of aryl methyl sites for hydroxylation is 3. The number of nitrogens with one attached hydrogen (secondary N) is 2. The number of aromatic nitrogens is 4. The van der Waals surface area contributed by atoms with E-state index in [0.29, 0.717) is 17.4 Å². The molecule has 68 heavy (non-hydrogen) atoms. The van der Waals surface area contributed by atoms with E-state index in [9.17, 15) is 29.4 Å². The first-order valence-corrected chi connectivity index (χ1v) is 25.2. The lowest BCUT2D eigenvalue weighted by molar-refractivity contribution is -0.143. The number of carbonyl (C=O) groups is 4. The van der Waals surface area contributed by atoms with Crippen LogP contribution >= 0.6 is 34.4 Å². The largest absolute Gasteiger partial charge is 0.481 e. The number of likely N-dealkylation sites (tertiary alicyclic amines) is 1. The third-order valence-electron chi connectivity index (χ3n) is 12.8. The molecule has 0 spiro atoms. The molecule has 1 saturated heterocycles. The van der Waals surface area contributed by atoms with Gasteiger partial charge in [0.1, 0.15) is 29.0 Å². The molecule has 3 aromatic heterocycles. The van der Waals surface area contributed by atoms with Gasteiger partial charge in [0.25, 0.3) is 0 Å². The van der Waals surface area contributed by atoms with E-state index in [1.54, 1.807) is 29.6 Å². The van der Waals surface area contributed by atoms with E-state index < -0.39 is 47.4 Å². The maximum atomic E-state index is 14.3. The fourth-order valence-corrected chi connectivity index (χ4v) is 11.5. The second kappa shape index (κ2) is 19.5. The van der Waals surface area contributed by atoms with Crippen LogP contribution in [0, 0.1) is 39.0 Å². The highest BCUT2D eigenvalue weighted by Crippen LogP contribution is 2.41. The highest BCUT2D eigenvalue weighted by molar-refractivity contribution is 8.00.